The van der Waals surface area contributed by atoms with E-state index in [9.17, 15) is 0 Å². The van der Waals surface area contributed by atoms with Crippen LogP contribution in [0.25, 0.3) is 64.4 Å². The number of furan rings is 1. The van der Waals surface area contributed by atoms with Crippen molar-refractivity contribution in [2.75, 3.05) is 9.80 Å². The number of thiophene rings is 1. The number of benzene rings is 9. The predicted molar refractivity (Wildman–Crippen MR) is 259 cm³/mol. The van der Waals surface area contributed by atoms with Crippen molar-refractivity contribution in [3.8, 4) is 22.3 Å². The standard InChI is InChI=1S/C57H40N2OS/c1-57(2)49-23-11-9-19-44(49)46-22-13-21-43(56(46)57)37-27-29-40(30-28-37)58(41-32-34-52-48(35-41)45-20-10-12-25-51(45)60-52)42-31-33-47-54(36-42)61-53-26-14-24-50(55(47)53)59(38-15-5-3-6-16-38)39-17-7-4-8-18-39/h3-36H,1-2H3. The summed E-state index contributed by atoms with van der Waals surface area (Å²) in [6.07, 6.45) is 0. The third-order valence-corrected chi connectivity index (χ3v) is 13.7. The molecule has 2 heterocycles. The van der Waals surface area contributed by atoms with E-state index in [4.69, 9.17) is 4.42 Å². The lowest BCUT2D eigenvalue weighted by molar-refractivity contribution is 0.662. The molecule has 1 aliphatic carbocycles. The smallest absolute Gasteiger partial charge is 0.135 e. The van der Waals surface area contributed by atoms with Gasteiger partial charge in [-0.05, 0) is 118 Å². The van der Waals surface area contributed by atoms with Crippen LogP contribution in [0, 0.1) is 0 Å². The average Bonchev–Trinajstić information content (AvgIpc) is 3.95. The van der Waals surface area contributed by atoms with Gasteiger partial charge in [-0.1, -0.05) is 135 Å². The van der Waals surface area contributed by atoms with Gasteiger partial charge in [-0.3, -0.25) is 0 Å². The lowest BCUT2D eigenvalue weighted by Gasteiger charge is -2.27. The Labute approximate surface area is 359 Å². The molecule has 290 valence electrons. The number of hydrogen-bond donors (Lipinski definition) is 0. The first kappa shape index (κ1) is 35.5. The van der Waals surface area contributed by atoms with E-state index in [0.717, 1.165) is 56.1 Å². The van der Waals surface area contributed by atoms with Crippen LogP contribution in [0.2, 0.25) is 0 Å². The lowest BCUT2D eigenvalue weighted by atomic mass is 9.79. The highest BCUT2D eigenvalue weighted by Crippen LogP contribution is 2.53. The Bertz CT molecular complexity index is 3410. The molecule has 4 heteroatoms. The Balaban J connectivity index is 1.01. The molecular formula is C57H40N2OS. The normalized spacial score (nSPS) is 12.9. The zero-order chi connectivity index (χ0) is 40.7. The second kappa shape index (κ2) is 13.8. The lowest BCUT2D eigenvalue weighted by Crippen LogP contribution is -2.16. The van der Waals surface area contributed by atoms with E-state index in [1.54, 1.807) is 0 Å². The second-order valence-electron chi connectivity index (χ2n) is 16.5. The van der Waals surface area contributed by atoms with Gasteiger partial charge in [0.2, 0.25) is 0 Å². The van der Waals surface area contributed by atoms with Gasteiger partial charge in [-0.25, -0.2) is 0 Å². The van der Waals surface area contributed by atoms with Gasteiger partial charge in [0.15, 0.2) is 0 Å². The highest BCUT2D eigenvalue weighted by atomic mass is 32.1. The molecule has 0 fully saturated rings. The molecule has 1 aliphatic rings. The number of fused-ring (bicyclic) bond motifs is 9. The van der Waals surface area contributed by atoms with Gasteiger partial charge in [-0.2, -0.15) is 0 Å². The predicted octanol–water partition coefficient (Wildman–Crippen LogP) is 16.9. The summed E-state index contributed by atoms with van der Waals surface area (Å²) in [4.78, 5) is 4.77. The third kappa shape index (κ3) is 5.63. The molecule has 12 rings (SSSR count). The molecule has 0 unspecified atom stereocenters. The monoisotopic (exact) mass is 800 g/mol. The van der Waals surface area contributed by atoms with Gasteiger partial charge < -0.3 is 14.2 Å². The van der Waals surface area contributed by atoms with Crippen LogP contribution >= 0.6 is 11.3 Å². The van der Waals surface area contributed by atoms with Gasteiger partial charge in [0.1, 0.15) is 11.2 Å². The Morgan fingerprint density at radius 1 is 0.410 bits per heavy atom. The number of hydrogen-bond acceptors (Lipinski definition) is 4. The van der Waals surface area contributed by atoms with Crippen molar-refractivity contribution in [1.82, 2.24) is 0 Å². The van der Waals surface area contributed by atoms with Crippen LogP contribution in [0.5, 0.6) is 0 Å². The minimum Gasteiger partial charge on any atom is -0.456 e. The van der Waals surface area contributed by atoms with Crippen molar-refractivity contribution in [3.63, 3.8) is 0 Å². The molecule has 3 nitrogen and oxygen atoms in total. The van der Waals surface area contributed by atoms with Crippen LogP contribution in [0.1, 0.15) is 25.0 Å². The largest absolute Gasteiger partial charge is 0.456 e. The number of anilines is 6. The van der Waals surface area contributed by atoms with Crippen LogP contribution in [-0.2, 0) is 5.41 Å². The molecule has 61 heavy (non-hydrogen) atoms. The zero-order valence-corrected chi connectivity index (χ0v) is 34.7. The molecule has 0 N–H and O–H groups in total. The average molecular weight is 801 g/mol. The van der Waals surface area contributed by atoms with Crippen LogP contribution in [0.15, 0.2) is 211 Å². The summed E-state index contributed by atoms with van der Waals surface area (Å²) in [6, 6.07) is 74.8. The van der Waals surface area contributed by atoms with Crippen LogP contribution in [0.4, 0.5) is 34.1 Å². The summed E-state index contributed by atoms with van der Waals surface area (Å²) in [6.45, 7) is 4.72. The molecule has 0 bridgehead atoms. The summed E-state index contributed by atoms with van der Waals surface area (Å²) < 4.78 is 8.79. The topological polar surface area (TPSA) is 19.6 Å². The summed E-state index contributed by atoms with van der Waals surface area (Å²) in [5.74, 6) is 0. The first-order valence-corrected chi connectivity index (χ1v) is 21.7. The Kier molecular flexibility index (Phi) is 8.06. The van der Waals surface area contributed by atoms with Gasteiger partial charge in [0.05, 0.1) is 5.69 Å². The van der Waals surface area contributed by atoms with Crippen molar-refractivity contribution >= 4 is 87.6 Å². The van der Waals surface area contributed by atoms with E-state index in [1.807, 2.05) is 23.5 Å². The fraction of sp³-hybridized carbons (Fsp3) is 0.0526. The van der Waals surface area contributed by atoms with Crippen LogP contribution < -0.4 is 9.80 Å². The van der Waals surface area contributed by atoms with Crippen molar-refractivity contribution < 1.29 is 4.42 Å². The van der Waals surface area contributed by atoms with Crippen LogP contribution in [0.3, 0.4) is 0 Å². The molecule has 0 spiro atoms. The maximum atomic E-state index is 6.30. The molecule has 0 atom stereocenters. The third-order valence-electron chi connectivity index (χ3n) is 12.6. The zero-order valence-electron chi connectivity index (χ0n) is 33.8. The first-order valence-electron chi connectivity index (χ1n) is 20.9. The fourth-order valence-corrected chi connectivity index (χ4v) is 11.0. The van der Waals surface area contributed by atoms with Crippen LogP contribution in [-0.4, -0.2) is 0 Å². The molecule has 0 saturated carbocycles. The van der Waals surface area contributed by atoms with Crippen molar-refractivity contribution in [1.29, 1.82) is 0 Å². The van der Waals surface area contributed by atoms with Crippen molar-refractivity contribution in [3.05, 3.63) is 217 Å². The molecule has 9 aromatic carbocycles. The SMILES string of the molecule is CC1(C)c2ccccc2-c2cccc(-c3ccc(N(c4ccc5c(c4)sc4cccc(N(c6ccccc6)c6ccccc6)c45)c4ccc5oc6ccccc6c5c4)cc3)c21. The van der Waals surface area contributed by atoms with Gasteiger partial charge in [-0.15, -0.1) is 11.3 Å². The van der Waals surface area contributed by atoms with Gasteiger partial charge >= 0.3 is 0 Å². The molecule has 0 aliphatic heterocycles. The van der Waals surface area contributed by atoms with Crippen molar-refractivity contribution in [2.45, 2.75) is 19.3 Å². The molecule has 11 aromatic rings. The molecule has 2 aromatic heterocycles. The molecular weight excluding hydrogens is 761 g/mol. The highest BCUT2D eigenvalue weighted by molar-refractivity contribution is 7.26. The maximum Gasteiger partial charge on any atom is 0.135 e. The highest BCUT2D eigenvalue weighted by Gasteiger charge is 2.37. The summed E-state index contributed by atoms with van der Waals surface area (Å²) >= 11 is 1.85. The molecule has 0 amide bonds. The Morgan fingerprint density at radius 2 is 1.02 bits per heavy atom. The Morgan fingerprint density at radius 3 is 1.82 bits per heavy atom. The summed E-state index contributed by atoms with van der Waals surface area (Å²) in [7, 11) is 0. The number of rotatable bonds is 7. The van der Waals surface area contributed by atoms with Gasteiger partial charge in [0, 0.05) is 64.8 Å². The van der Waals surface area contributed by atoms with E-state index < -0.39 is 0 Å². The summed E-state index contributed by atoms with van der Waals surface area (Å²) in [5, 5.41) is 4.71. The minimum absolute atomic E-state index is 0.102. The fourth-order valence-electron chi connectivity index (χ4n) is 9.88. The number of nitrogens with zero attached hydrogens (tertiary/aromatic N) is 2. The van der Waals surface area contributed by atoms with E-state index in [0.29, 0.717) is 0 Å². The van der Waals surface area contributed by atoms with E-state index in [2.05, 4.69) is 218 Å². The van der Waals surface area contributed by atoms with E-state index in [1.165, 1.54) is 53.6 Å². The quantitative estimate of drug-likeness (QED) is 0.160. The maximum absolute atomic E-state index is 6.30. The molecule has 0 saturated heterocycles. The van der Waals surface area contributed by atoms with E-state index >= 15 is 0 Å². The van der Waals surface area contributed by atoms with Gasteiger partial charge in [0.25, 0.3) is 0 Å². The minimum atomic E-state index is -0.102. The first-order chi connectivity index (χ1) is 30.0. The Hall–Kier alpha value is -7.40. The summed E-state index contributed by atoms with van der Waals surface area (Å²) in [5.41, 5.74) is 16.3. The second-order valence-corrected chi connectivity index (χ2v) is 17.6. The number of para-hydroxylation sites is 3. The molecule has 0 radical (unpaired) electrons. The van der Waals surface area contributed by atoms with Crippen molar-refractivity contribution in [2.24, 2.45) is 0 Å². The van der Waals surface area contributed by atoms with E-state index in [-0.39, 0.29) is 5.41 Å².